The van der Waals surface area contributed by atoms with Gasteiger partial charge in [0.05, 0.1) is 5.60 Å². The minimum atomic E-state index is -1.13. The van der Waals surface area contributed by atoms with Crippen molar-refractivity contribution in [3.8, 4) is 0 Å². The number of ketones is 1. The van der Waals surface area contributed by atoms with Gasteiger partial charge in [0.15, 0.2) is 5.78 Å². The van der Waals surface area contributed by atoms with Crippen LogP contribution in [0.3, 0.4) is 0 Å². The number of hydrogen-bond acceptors (Lipinski definition) is 5. The maximum atomic E-state index is 13.7. The summed E-state index contributed by atoms with van der Waals surface area (Å²) in [7, 11) is 3.64. The molecule has 1 fully saturated rings. The molecule has 0 aliphatic carbocycles. The van der Waals surface area contributed by atoms with Crippen molar-refractivity contribution in [1.82, 2.24) is 15.1 Å². The lowest BCUT2D eigenvalue weighted by Crippen LogP contribution is -2.60. The average Bonchev–Trinajstić information content (AvgIpc) is 2.87. The van der Waals surface area contributed by atoms with Crippen molar-refractivity contribution >= 4 is 29.2 Å². The fourth-order valence-corrected chi connectivity index (χ4v) is 4.96. The zero-order chi connectivity index (χ0) is 28.3. The number of carbonyl (C=O) groups is 3. The van der Waals surface area contributed by atoms with Crippen LogP contribution < -0.4 is 5.32 Å². The van der Waals surface area contributed by atoms with Gasteiger partial charge in [0.1, 0.15) is 6.04 Å². The Hall–Kier alpha value is -3.16. The van der Waals surface area contributed by atoms with Crippen LogP contribution in [0.2, 0.25) is 5.02 Å². The number of amides is 2. The zero-order valence-corrected chi connectivity index (χ0v) is 23.7. The summed E-state index contributed by atoms with van der Waals surface area (Å²) in [5, 5.41) is 15.1. The number of allylic oxidation sites excluding steroid dienone is 1. The summed E-state index contributed by atoms with van der Waals surface area (Å²) in [6, 6.07) is 12.9. The molecule has 1 aliphatic heterocycles. The quantitative estimate of drug-likeness (QED) is 0.381. The van der Waals surface area contributed by atoms with Crippen molar-refractivity contribution in [2.45, 2.75) is 45.8 Å². The van der Waals surface area contributed by atoms with Crippen molar-refractivity contribution in [3.05, 3.63) is 82.5 Å². The van der Waals surface area contributed by atoms with Gasteiger partial charge in [-0.1, -0.05) is 63.6 Å². The topological polar surface area (TPSA) is 90.0 Å². The van der Waals surface area contributed by atoms with E-state index in [4.69, 9.17) is 11.6 Å². The van der Waals surface area contributed by atoms with Crippen molar-refractivity contribution in [1.29, 1.82) is 0 Å². The lowest BCUT2D eigenvalue weighted by Gasteiger charge is -2.51. The van der Waals surface area contributed by atoms with E-state index in [0.717, 1.165) is 5.56 Å². The Labute approximate surface area is 230 Å². The Morgan fingerprint density at radius 3 is 2.29 bits per heavy atom. The molecular formula is C30H38ClN3O4. The smallest absolute Gasteiger partial charge is 0.251 e. The average molecular weight is 540 g/mol. The summed E-state index contributed by atoms with van der Waals surface area (Å²) in [6.07, 6.45) is 3.45. The zero-order valence-electron chi connectivity index (χ0n) is 23.0. The van der Waals surface area contributed by atoms with Gasteiger partial charge >= 0.3 is 0 Å². The molecule has 2 aromatic rings. The SMILES string of the molecule is CC(C)[C@@H](NC(=O)c1cccc(C(=O)/C=C/N(C)C)c1)C(=O)N1CC[C@](O)(c2ccc(Cl)cc2)C(C)(C)C1. The molecule has 2 aromatic carbocycles. The summed E-state index contributed by atoms with van der Waals surface area (Å²) in [5.41, 5.74) is -0.304. The molecule has 0 bridgehead atoms. The highest BCUT2D eigenvalue weighted by molar-refractivity contribution is 6.30. The number of likely N-dealkylation sites (tertiary alicyclic amines) is 1. The highest BCUT2D eigenvalue weighted by atomic mass is 35.5. The summed E-state index contributed by atoms with van der Waals surface area (Å²) < 4.78 is 0. The van der Waals surface area contributed by atoms with Crippen molar-refractivity contribution in [2.75, 3.05) is 27.2 Å². The Kier molecular flexibility index (Phi) is 9.05. The van der Waals surface area contributed by atoms with E-state index in [2.05, 4.69) is 5.32 Å². The van der Waals surface area contributed by atoms with Crippen LogP contribution >= 0.6 is 11.6 Å². The minimum Gasteiger partial charge on any atom is -0.384 e. The van der Waals surface area contributed by atoms with Crippen LogP contribution in [-0.4, -0.2) is 65.7 Å². The van der Waals surface area contributed by atoms with Gasteiger partial charge in [0, 0.05) is 61.0 Å². The highest BCUT2D eigenvalue weighted by Gasteiger charge is 2.50. The number of nitrogens with one attached hydrogen (secondary N) is 1. The molecule has 0 aromatic heterocycles. The van der Waals surface area contributed by atoms with Gasteiger partial charge in [-0.3, -0.25) is 14.4 Å². The number of rotatable bonds is 8. The summed E-state index contributed by atoms with van der Waals surface area (Å²) in [4.78, 5) is 42.8. The maximum Gasteiger partial charge on any atom is 0.251 e. The van der Waals surface area contributed by atoms with Crippen LogP contribution in [0, 0.1) is 11.3 Å². The van der Waals surface area contributed by atoms with Gasteiger partial charge in [-0.15, -0.1) is 0 Å². The maximum absolute atomic E-state index is 13.7. The first kappa shape index (κ1) is 29.4. The molecule has 0 spiro atoms. The fourth-order valence-electron chi connectivity index (χ4n) is 4.83. The molecule has 0 saturated carbocycles. The number of benzene rings is 2. The van der Waals surface area contributed by atoms with E-state index >= 15 is 0 Å². The Bertz CT molecular complexity index is 1210. The van der Waals surface area contributed by atoms with Gasteiger partial charge in [-0.25, -0.2) is 0 Å². The molecule has 0 unspecified atom stereocenters. The largest absolute Gasteiger partial charge is 0.384 e. The lowest BCUT2D eigenvalue weighted by molar-refractivity contribution is -0.155. The second-order valence-corrected chi connectivity index (χ2v) is 11.6. The van der Waals surface area contributed by atoms with Crippen LogP contribution in [-0.2, 0) is 10.4 Å². The van der Waals surface area contributed by atoms with E-state index in [1.807, 2.05) is 53.9 Å². The van der Waals surface area contributed by atoms with Crippen LogP contribution in [0.15, 0.2) is 60.8 Å². The number of halogens is 1. The molecule has 1 heterocycles. The summed E-state index contributed by atoms with van der Waals surface area (Å²) in [5.74, 6) is -0.994. The molecular weight excluding hydrogens is 502 g/mol. The van der Waals surface area contributed by atoms with Crippen LogP contribution in [0.1, 0.15) is 60.4 Å². The number of nitrogens with zero attached hydrogens (tertiary/aromatic N) is 2. The van der Waals surface area contributed by atoms with E-state index in [9.17, 15) is 19.5 Å². The molecule has 7 nitrogen and oxygen atoms in total. The summed E-state index contributed by atoms with van der Waals surface area (Å²) in [6.45, 7) is 8.32. The third-order valence-corrected chi connectivity index (χ3v) is 7.49. The first-order valence-corrected chi connectivity index (χ1v) is 13.2. The predicted octanol–water partition coefficient (Wildman–Crippen LogP) is 4.50. The molecule has 1 aliphatic rings. The first-order valence-electron chi connectivity index (χ1n) is 12.8. The number of hydrogen-bond donors (Lipinski definition) is 2. The fraction of sp³-hybridized carbons (Fsp3) is 0.433. The number of aliphatic hydroxyl groups is 1. The molecule has 2 N–H and O–H groups in total. The summed E-state index contributed by atoms with van der Waals surface area (Å²) >= 11 is 6.04. The van der Waals surface area contributed by atoms with Crippen molar-refractivity contribution in [3.63, 3.8) is 0 Å². The Balaban J connectivity index is 1.75. The molecule has 204 valence electrons. The second-order valence-electron chi connectivity index (χ2n) is 11.2. The van der Waals surface area contributed by atoms with Crippen molar-refractivity contribution < 1.29 is 19.5 Å². The molecule has 3 rings (SSSR count). The normalized spacial score (nSPS) is 19.9. The monoisotopic (exact) mass is 539 g/mol. The Morgan fingerprint density at radius 1 is 1.08 bits per heavy atom. The number of piperidine rings is 1. The van der Waals surface area contributed by atoms with E-state index in [1.54, 1.807) is 46.3 Å². The first-order chi connectivity index (χ1) is 17.7. The van der Waals surface area contributed by atoms with Gasteiger partial charge in [-0.05, 0) is 42.2 Å². The standard InChI is InChI=1S/C30H38ClN3O4/c1-20(2)26(32-27(36)22-9-7-8-21(18-22)25(35)14-16-33(5)6)28(37)34-17-15-30(38,29(3,4)19-34)23-10-12-24(31)13-11-23/h7-14,16,18,20,26,38H,15,17,19H2,1-6H3,(H,32,36)/b16-14+/t26-,30+/m1/s1. The van der Waals surface area contributed by atoms with Gasteiger partial charge in [0.25, 0.3) is 5.91 Å². The minimum absolute atomic E-state index is 0.167. The third-order valence-electron chi connectivity index (χ3n) is 7.24. The molecule has 8 heteroatoms. The molecule has 38 heavy (non-hydrogen) atoms. The molecule has 1 saturated heterocycles. The Morgan fingerprint density at radius 2 is 1.71 bits per heavy atom. The molecule has 2 atom stereocenters. The van der Waals surface area contributed by atoms with Gasteiger partial charge in [0.2, 0.25) is 5.91 Å². The molecule has 0 radical (unpaired) electrons. The highest BCUT2D eigenvalue weighted by Crippen LogP contribution is 2.46. The number of carbonyl (C=O) groups excluding carboxylic acids is 3. The van der Waals surface area contributed by atoms with Crippen molar-refractivity contribution in [2.24, 2.45) is 11.3 Å². The van der Waals surface area contributed by atoms with E-state index in [0.29, 0.717) is 35.7 Å². The van der Waals surface area contributed by atoms with Crippen LogP contribution in [0.25, 0.3) is 0 Å². The molecule has 2 amide bonds. The van der Waals surface area contributed by atoms with E-state index < -0.39 is 23.0 Å². The predicted molar refractivity (Wildman–Crippen MR) is 150 cm³/mol. The lowest BCUT2D eigenvalue weighted by atomic mass is 9.66. The van der Waals surface area contributed by atoms with Crippen LogP contribution in [0.5, 0.6) is 0 Å². The third kappa shape index (κ3) is 6.45. The van der Waals surface area contributed by atoms with Gasteiger partial charge in [-0.2, -0.15) is 0 Å². The van der Waals surface area contributed by atoms with Gasteiger partial charge < -0.3 is 20.2 Å². The second kappa shape index (κ2) is 11.7. The van der Waals surface area contributed by atoms with Crippen LogP contribution in [0.4, 0.5) is 0 Å². The van der Waals surface area contributed by atoms with E-state index in [1.165, 1.54) is 12.1 Å². The van der Waals surface area contributed by atoms with E-state index in [-0.39, 0.29) is 17.6 Å².